The molecule has 0 aliphatic rings. The topological polar surface area (TPSA) is 41.6 Å². The third kappa shape index (κ3) is 4.52. The van der Waals surface area contributed by atoms with Crippen molar-refractivity contribution in [1.29, 1.82) is 0 Å². The lowest BCUT2D eigenvalue weighted by Gasteiger charge is -2.18. The van der Waals surface area contributed by atoms with Crippen LogP contribution in [0.15, 0.2) is 48.5 Å². The van der Waals surface area contributed by atoms with Crippen LogP contribution in [0.1, 0.15) is 11.1 Å². The van der Waals surface area contributed by atoms with Crippen molar-refractivity contribution in [3.63, 3.8) is 0 Å². The van der Waals surface area contributed by atoms with E-state index in [0.717, 1.165) is 22.6 Å². The maximum absolute atomic E-state index is 12.1. The lowest BCUT2D eigenvalue weighted by Crippen LogP contribution is -2.34. The van der Waals surface area contributed by atoms with Gasteiger partial charge in [-0.05, 0) is 37.6 Å². The zero-order chi connectivity index (χ0) is 15.9. The number of urea groups is 1. The van der Waals surface area contributed by atoms with Crippen molar-refractivity contribution in [3.8, 4) is 5.75 Å². The molecule has 0 radical (unpaired) electrons. The summed E-state index contributed by atoms with van der Waals surface area (Å²) in [7, 11) is 1.75. The maximum Gasteiger partial charge on any atom is 0.321 e. The highest BCUT2D eigenvalue weighted by Crippen LogP contribution is 2.16. The van der Waals surface area contributed by atoms with Gasteiger partial charge in [0.15, 0.2) is 0 Å². The third-order valence-electron chi connectivity index (χ3n) is 3.43. The zero-order valence-electron chi connectivity index (χ0n) is 13.3. The molecule has 0 bridgehead atoms. The van der Waals surface area contributed by atoms with E-state index >= 15 is 0 Å². The summed E-state index contributed by atoms with van der Waals surface area (Å²) in [6, 6.07) is 15.4. The number of carbonyl (C=O) groups excluding carboxylic acids is 1. The highest BCUT2D eigenvalue weighted by Gasteiger charge is 2.09. The van der Waals surface area contributed by atoms with E-state index in [9.17, 15) is 4.79 Å². The molecule has 116 valence electrons. The Morgan fingerprint density at radius 2 is 1.77 bits per heavy atom. The Balaban J connectivity index is 1.79. The van der Waals surface area contributed by atoms with Gasteiger partial charge in [0.2, 0.25) is 0 Å². The molecule has 2 amide bonds. The summed E-state index contributed by atoms with van der Waals surface area (Å²) in [4.78, 5) is 13.7. The van der Waals surface area contributed by atoms with Crippen LogP contribution in [0.4, 0.5) is 10.5 Å². The molecular weight excluding hydrogens is 276 g/mol. The Hall–Kier alpha value is -2.49. The van der Waals surface area contributed by atoms with Gasteiger partial charge in [0.05, 0.1) is 6.54 Å². The SMILES string of the molecule is Cc1ccc(NC(=O)N(C)CCOc2ccccc2C)cc1. The number of aryl methyl sites for hydroxylation is 2. The van der Waals surface area contributed by atoms with Crippen molar-refractivity contribution in [2.45, 2.75) is 13.8 Å². The summed E-state index contributed by atoms with van der Waals surface area (Å²) in [5.41, 5.74) is 3.05. The van der Waals surface area contributed by atoms with Crippen LogP contribution in [-0.2, 0) is 0 Å². The van der Waals surface area contributed by atoms with Gasteiger partial charge in [-0.3, -0.25) is 0 Å². The first-order chi connectivity index (χ1) is 10.6. The van der Waals surface area contributed by atoms with E-state index in [1.54, 1.807) is 11.9 Å². The smallest absolute Gasteiger partial charge is 0.321 e. The van der Waals surface area contributed by atoms with Gasteiger partial charge in [-0.1, -0.05) is 35.9 Å². The zero-order valence-corrected chi connectivity index (χ0v) is 13.3. The van der Waals surface area contributed by atoms with Crippen molar-refractivity contribution >= 4 is 11.7 Å². The van der Waals surface area contributed by atoms with E-state index in [4.69, 9.17) is 4.74 Å². The number of amides is 2. The van der Waals surface area contributed by atoms with Crippen LogP contribution in [-0.4, -0.2) is 31.1 Å². The molecule has 0 aliphatic carbocycles. The number of likely N-dealkylation sites (N-methyl/N-ethyl adjacent to an activating group) is 1. The standard InChI is InChI=1S/C18H22N2O2/c1-14-8-10-16(11-9-14)19-18(21)20(3)12-13-22-17-7-5-4-6-15(17)2/h4-11H,12-13H2,1-3H3,(H,19,21). The summed E-state index contributed by atoms with van der Waals surface area (Å²) in [5, 5.41) is 2.86. The van der Waals surface area contributed by atoms with E-state index in [1.165, 1.54) is 0 Å². The first-order valence-corrected chi connectivity index (χ1v) is 7.33. The Bertz CT molecular complexity index is 623. The number of anilines is 1. The molecule has 0 spiro atoms. The molecule has 0 aromatic heterocycles. The molecule has 0 aliphatic heterocycles. The monoisotopic (exact) mass is 298 g/mol. The van der Waals surface area contributed by atoms with Crippen LogP contribution >= 0.6 is 0 Å². The number of rotatable bonds is 5. The molecule has 1 N–H and O–H groups in total. The lowest BCUT2D eigenvalue weighted by atomic mass is 10.2. The van der Waals surface area contributed by atoms with E-state index in [-0.39, 0.29) is 6.03 Å². The number of carbonyl (C=O) groups is 1. The molecular formula is C18H22N2O2. The molecule has 0 fully saturated rings. The van der Waals surface area contributed by atoms with Crippen LogP contribution in [0.25, 0.3) is 0 Å². The van der Waals surface area contributed by atoms with Crippen molar-refractivity contribution in [3.05, 3.63) is 59.7 Å². The minimum Gasteiger partial charge on any atom is -0.491 e. The van der Waals surface area contributed by atoms with Crippen LogP contribution in [0.3, 0.4) is 0 Å². The number of para-hydroxylation sites is 1. The predicted molar refractivity (Wildman–Crippen MR) is 89.5 cm³/mol. The molecule has 2 aromatic carbocycles. The highest BCUT2D eigenvalue weighted by atomic mass is 16.5. The average molecular weight is 298 g/mol. The molecule has 0 saturated heterocycles. The summed E-state index contributed by atoms with van der Waals surface area (Å²) < 4.78 is 5.70. The molecule has 0 heterocycles. The van der Waals surface area contributed by atoms with E-state index in [1.807, 2.05) is 62.4 Å². The van der Waals surface area contributed by atoms with Crippen molar-refractivity contribution in [2.75, 3.05) is 25.5 Å². The Kier molecular flexibility index (Phi) is 5.42. The Morgan fingerprint density at radius 3 is 2.45 bits per heavy atom. The molecule has 0 saturated carbocycles. The first-order valence-electron chi connectivity index (χ1n) is 7.33. The molecule has 2 aromatic rings. The van der Waals surface area contributed by atoms with E-state index in [0.29, 0.717) is 13.2 Å². The summed E-state index contributed by atoms with van der Waals surface area (Å²) in [6.07, 6.45) is 0. The quantitative estimate of drug-likeness (QED) is 0.911. The molecule has 2 rings (SSSR count). The second-order valence-corrected chi connectivity index (χ2v) is 5.33. The average Bonchev–Trinajstić information content (AvgIpc) is 2.51. The van der Waals surface area contributed by atoms with Crippen molar-refractivity contribution < 1.29 is 9.53 Å². The fourth-order valence-corrected chi connectivity index (χ4v) is 1.97. The second kappa shape index (κ2) is 7.50. The molecule has 4 nitrogen and oxygen atoms in total. The van der Waals surface area contributed by atoms with Crippen LogP contribution in [0, 0.1) is 13.8 Å². The molecule has 4 heteroatoms. The van der Waals surface area contributed by atoms with Crippen LogP contribution in [0.5, 0.6) is 5.75 Å². The number of hydrogen-bond acceptors (Lipinski definition) is 2. The van der Waals surface area contributed by atoms with Gasteiger partial charge in [0, 0.05) is 12.7 Å². The first kappa shape index (κ1) is 15.9. The van der Waals surface area contributed by atoms with Crippen molar-refractivity contribution in [2.24, 2.45) is 0 Å². The molecule has 22 heavy (non-hydrogen) atoms. The molecule has 0 unspecified atom stereocenters. The fraction of sp³-hybridized carbons (Fsp3) is 0.278. The summed E-state index contributed by atoms with van der Waals surface area (Å²) in [5.74, 6) is 0.856. The fourth-order valence-electron chi connectivity index (χ4n) is 1.97. The summed E-state index contributed by atoms with van der Waals surface area (Å²) in [6.45, 7) is 5.00. The van der Waals surface area contributed by atoms with Gasteiger partial charge in [-0.15, -0.1) is 0 Å². The van der Waals surface area contributed by atoms with Gasteiger partial charge >= 0.3 is 6.03 Å². The van der Waals surface area contributed by atoms with Crippen LogP contribution < -0.4 is 10.1 Å². The van der Waals surface area contributed by atoms with Crippen LogP contribution in [0.2, 0.25) is 0 Å². The lowest BCUT2D eigenvalue weighted by molar-refractivity contribution is 0.207. The molecule has 0 atom stereocenters. The van der Waals surface area contributed by atoms with Gasteiger partial charge in [-0.2, -0.15) is 0 Å². The predicted octanol–water partition coefficient (Wildman–Crippen LogP) is 3.85. The third-order valence-corrected chi connectivity index (χ3v) is 3.43. The number of ether oxygens (including phenoxy) is 1. The van der Waals surface area contributed by atoms with E-state index in [2.05, 4.69) is 5.32 Å². The van der Waals surface area contributed by atoms with Gasteiger partial charge in [-0.25, -0.2) is 4.79 Å². The largest absolute Gasteiger partial charge is 0.491 e. The number of hydrogen-bond donors (Lipinski definition) is 1. The van der Waals surface area contributed by atoms with Gasteiger partial charge in [0.25, 0.3) is 0 Å². The normalized spacial score (nSPS) is 10.1. The second-order valence-electron chi connectivity index (χ2n) is 5.33. The van der Waals surface area contributed by atoms with Gasteiger partial charge < -0.3 is 15.0 Å². The minimum absolute atomic E-state index is 0.141. The number of nitrogens with one attached hydrogen (secondary N) is 1. The number of nitrogens with zero attached hydrogens (tertiary/aromatic N) is 1. The Morgan fingerprint density at radius 1 is 1.09 bits per heavy atom. The Labute approximate surface area is 131 Å². The van der Waals surface area contributed by atoms with Gasteiger partial charge in [0.1, 0.15) is 12.4 Å². The van der Waals surface area contributed by atoms with Crippen molar-refractivity contribution in [1.82, 2.24) is 4.90 Å². The maximum atomic E-state index is 12.1. The highest BCUT2D eigenvalue weighted by molar-refractivity contribution is 5.89. The summed E-state index contributed by atoms with van der Waals surface area (Å²) >= 11 is 0. The van der Waals surface area contributed by atoms with E-state index < -0.39 is 0 Å². The number of benzene rings is 2. The minimum atomic E-state index is -0.141.